The zero-order valence-corrected chi connectivity index (χ0v) is 15.5. The van der Waals surface area contributed by atoms with Crippen molar-refractivity contribution in [1.29, 1.82) is 0 Å². The van der Waals surface area contributed by atoms with Crippen LogP contribution in [0.5, 0.6) is 0 Å². The molecule has 1 aliphatic rings. The van der Waals surface area contributed by atoms with Gasteiger partial charge in [-0.2, -0.15) is 0 Å². The van der Waals surface area contributed by atoms with Crippen LogP contribution in [0, 0.1) is 10.1 Å². The van der Waals surface area contributed by atoms with Crippen molar-refractivity contribution in [3.8, 4) is 10.6 Å². The molecule has 0 aliphatic carbocycles. The summed E-state index contributed by atoms with van der Waals surface area (Å²) in [5, 5.41) is 22.1. The predicted octanol–water partition coefficient (Wildman–Crippen LogP) is 3.28. The second kappa shape index (κ2) is 7.93. The number of nitrogens with zero attached hydrogens (tertiary/aromatic N) is 4. The van der Waals surface area contributed by atoms with Crippen molar-refractivity contribution in [1.82, 2.24) is 10.2 Å². The highest BCUT2D eigenvalue weighted by molar-refractivity contribution is 8.39. The number of nitrogens with one attached hydrogen (secondary N) is 1. The zero-order valence-electron chi connectivity index (χ0n) is 13.0. The molecule has 1 N–H and O–H groups in total. The summed E-state index contributed by atoms with van der Waals surface area (Å²) in [7, 11) is 0. The number of aliphatic imine (C=N–C) groups is 1. The Labute approximate surface area is 155 Å². The quantitative estimate of drug-likeness (QED) is 0.611. The van der Waals surface area contributed by atoms with Gasteiger partial charge in [-0.1, -0.05) is 47.0 Å². The smallest absolute Gasteiger partial charge is 0.270 e. The SMILES string of the molecule is C[C@@H](SC1=NCCS1)C(=O)Nc1nnc(-c2cccc([N+](=O)[O-])c2)s1. The van der Waals surface area contributed by atoms with Crippen molar-refractivity contribution in [3.63, 3.8) is 0 Å². The maximum absolute atomic E-state index is 12.2. The third kappa shape index (κ3) is 4.55. The first-order valence-corrected chi connectivity index (χ1v) is 9.94. The van der Waals surface area contributed by atoms with Crippen molar-refractivity contribution in [2.75, 3.05) is 17.6 Å². The van der Waals surface area contributed by atoms with Gasteiger partial charge in [-0.3, -0.25) is 25.2 Å². The summed E-state index contributed by atoms with van der Waals surface area (Å²) < 4.78 is 0.928. The van der Waals surface area contributed by atoms with E-state index in [1.807, 2.05) is 6.92 Å². The number of thioether (sulfide) groups is 2. The molecular weight excluding hydrogens is 382 g/mol. The fourth-order valence-electron chi connectivity index (χ4n) is 1.94. The molecule has 11 heteroatoms. The van der Waals surface area contributed by atoms with Crippen LogP contribution in [0.4, 0.5) is 10.8 Å². The number of nitro groups is 1. The molecular formula is C14H13N5O3S3. The zero-order chi connectivity index (χ0) is 17.8. The summed E-state index contributed by atoms with van der Waals surface area (Å²) in [5.41, 5.74) is 0.574. The predicted molar refractivity (Wildman–Crippen MR) is 102 cm³/mol. The topological polar surface area (TPSA) is 110 Å². The fraction of sp³-hybridized carbons (Fsp3) is 0.286. The van der Waals surface area contributed by atoms with E-state index in [0.717, 1.165) is 16.7 Å². The van der Waals surface area contributed by atoms with E-state index >= 15 is 0 Å². The minimum Gasteiger partial charge on any atom is -0.300 e. The van der Waals surface area contributed by atoms with Crippen LogP contribution in [-0.4, -0.2) is 43.0 Å². The van der Waals surface area contributed by atoms with Crippen LogP contribution < -0.4 is 5.32 Å². The van der Waals surface area contributed by atoms with Gasteiger partial charge in [0, 0.05) is 23.4 Å². The van der Waals surface area contributed by atoms with E-state index in [9.17, 15) is 14.9 Å². The second-order valence-corrected chi connectivity index (χ2v) is 8.61. The summed E-state index contributed by atoms with van der Waals surface area (Å²) in [6.07, 6.45) is 0. The summed E-state index contributed by atoms with van der Waals surface area (Å²) in [4.78, 5) is 26.9. The Hall–Kier alpha value is -1.98. The van der Waals surface area contributed by atoms with Crippen LogP contribution in [0.3, 0.4) is 0 Å². The molecule has 25 heavy (non-hydrogen) atoms. The van der Waals surface area contributed by atoms with Gasteiger partial charge in [-0.05, 0) is 6.92 Å². The molecule has 1 aliphatic heterocycles. The van der Waals surface area contributed by atoms with Gasteiger partial charge in [0.25, 0.3) is 5.69 Å². The molecule has 1 aromatic heterocycles. The molecule has 0 spiro atoms. The second-order valence-electron chi connectivity index (χ2n) is 4.97. The molecule has 0 saturated carbocycles. The number of hydrogen-bond donors (Lipinski definition) is 1. The van der Waals surface area contributed by atoms with Gasteiger partial charge >= 0.3 is 0 Å². The first-order chi connectivity index (χ1) is 12.0. The molecule has 2 heterocycles. The van der Waals surface area contributed by atoms with Crippen molar-refractivity contribution in [2.45, 2.75) is 12.2 Å². The standard InChI is InChI=1S/C14H13N5O3S3/c1-8(24-14-15-5-6-23-14)11(20)16-13-18-17-12(25-13)9-3-2-4-10(7-9)19(21)22/h2-4,7-8H,5-6H2,1H3,(H,16,18,20)/t8-/m1/s1. The first-order valence-electron chi connectivity index (χ1n) is 7.26. The Morgan fingerprint density at radius 1 is 1.44 bits per heavy atom. The minimum absolute atomic E-state index is 0.0156. The lowest BCUT2D eigenvalue weighted by Crippen LogP contribution is -2.23. The van der Waals surface area contributed by atoms with Crippen LogP contribution in [0.15, 0.2) is 29.3 Å². The van der Waals surface area contributed by atoms with Crippen molar-refractivity contribution in [2.24, 2.45) is 4.99 Å². The summed E-state index contributed by atoms with van der Waals surface area (Å²) in [5.74, 6) is 0.779. The molecule has 0 unspecified atom stereocenters. The third-order valence-electron chi connectivity index (χ3n) is 3.16. The summed E-state index contributed by atoms with van der Waals surface area (Å²) in [6, 6.07) is 6.15. The lowest BCUT2D eigenvalue weighted by atomic mass is 10.2. The average Bonchev–Trinajstić information content (AvgIpc) is 3.27. The number of rotatable bonds is 5. The Balaban J connectivity index is 1.66. The number of hydrogen-bond acceptors (Lipinski definition) is 9. The molecule has 2 aromatic rings. The maximum atomic E-state index is 12.2. The van der Waals surface area contributed by atoms with Gasteiger partial charge in [0.05, 0.1) is 16.7 Å². The number of benzene rings is 1. The van der Waals surface area contributed by atoms with Crippen LogP contribution in [0.1, 0.15) is 6.92 Å². The van der Waals surface area contributed by atoms with E-state index in [1.54, 1.807) is 23.9 Å². The molecule has 0 fully saturated rings. The fourth-order valence-corrected chi connectivity index (χ4v) is 4.81. The van der Waals surface area contributed by atoms with Crippen LogP contribution >= 0.6 is 34.9 Å². The Morgan fingerprint density at radius 3 is 3.00 bits per heavy atom. The van der Waals surface area contributed by atoms with Crippen LogP contribution in [-0.2, 0) is 4.79 Å². The Morgan fingerprint density at radius 2 is 2.28 bits per heavy atom. The van der Waals surface area contributed by atoms with E-state index in [0.29, 0.717) is 15.7 Å². The molecule has 8 nitrogen and oxygen atoms in total. The van der Waals surface area contributed by atoms with Gasteiger partial charge in [-0.15, -0.1) is 10.2 Å². The average molecular weight is 395 g/mol. The highest BCUT2D eigenvalue weighted by Crippen LogP contribution is 2.30. The van der Waals surface area contributed by atoms with Gasteiger partial charge in [0.2, 0.25) is 11.0 Å². The Kier molecular flexibility index (Phi) is 5.66. The minimum atomic E-state index is -0.462. The number of non-ortho nitro benzene ring substituents is 1. The molecule has 1 amide bonds. The number of amides is 1. The van der Waals surface area contributed by atoms with E-state index in [4.69, 9.17) is 0 Å². The Bertz CT molecular complexity index is 839. The number of anilines is 1. The number of aromatic nitrogens is 2. The van der Waals surface area contributed by atoms with E-state index in [2.05, 4.69) is 20.5 Å². The van der Waals surface area contributed by atoms with Gasteiger partial charge in [0.1, 0.15) is 9.38 Å². The molecule has 0 saturated heterocycles. The van der Waals surface area contributed by atoms with Gasteiger partial charge in [0.15, 0.2) is 0 Å². The van der Waals surface area contributed by atoms with E-state index in [-0.39, 0.29) is 16.8 Å². The van der Waals surface area contributed by atoms with Gasteiger partial charge < -0.3 is 0 Å². The van der Waals surface area contributed by atoms with Gasteiger partial charge in [-0.25, -0.2) is 0 Å². The van der Waals surface area contributed by atoms with Crippen molar-refractivity contribution < 1.29 is 9.72 Å². The lowest BCUT2D eigenvalue weighted by Gasteiger charge is -2.09. The molecule has 0 radical (unpaired) electrons. The van der Waals surface area contributed by atoms with Crippen LogP contribution in [0.2, 0.25) is 0 Å². The normalized spacial score (nSPS) is 14.8. The third-order valence-corrected chi connectivity index (χ3v) is 6.35. The highest BCUT2D eigenvalue weighted by Gasteiger charge is 2.20. The largest absolute Gasteiger partial charge is 0.300 e. The summed E-state index contributed by atoms with van der Waals surface area (Å²) >= 11 is 4.25. The van der Waals surface area contributed by atoms with Crippen molar-refractivity contribution in [3.05, 3.63) is 34.4 Å². The number of carbonyl (C=O) groups is 1. The molecule has 130 valence electrons. The van der Waals surface area contributed by atoms with E-state index in [1.165, 1.54) is 35.2 Å². The van der Waals surface area contributed by atoms with Crippen molar-refractivity contribution >= 4 is 56.0 Å². The lowest BCUT2D eigenvalue weighted by molar-refractivity contribution is -0.384. The maximum Gasteiger partial charge on any atom is 0.270 e. The monoisotopic (exact) mass is 395 g/mol. The molecule has 0 bridgehead atoms. The van der Waals surface area contributed by atoms with Crippen LogP contribution in [0.25, 0.3) is 10.6 Å². The molecule has 1 aromatic carbocycles. The number of nitro benzene ring substituents is 1. The van der Waals surface area contributed by atoms with E-state index < -0.39 is 4.92 Å². The molecule has 1 atom stereocenters. The molecule has 3 rings (SSSR count). The highest BCUT2D eigenvalue weighted by atomic mass is 32.2. The summed E-state index contributed by atoms with van der Waals surface area (Å²) in [6.45, 7) is 2.61. The first kappa shape index (κ1) is 17.8. The number of carbonyl (C=O) groups excluding carboxylic acids is 1.